The van der Waals surface area contributed by atoms with E-state index in [0.717, 1.165) is 9.87 Å². The summed E-state index contributed by atoms with van der Waals surface area (Å²) in [6.07, 6.45) is 0.199. The third-order valence-corrected chi connectivity index (χ3v) is 9.80. The average molecular weight is 687 g/mol. The third kappa shape index (κ3) is 9.23. The first-order chi connectivity index (χ1) is 21.5. The van der Waals surface area contributed by atoms with E-state index in [4.69, 9.17) is 34.8 Å². The normalized spacial score (nSPS) is 12.0. The van der Waals surface area contributed by atoms with Crippen molar-refractivity contribution in [2.45, 2.75) is 37.8 Å². The van der Waals surface area contributed by atoms with E-state index in [1.165, 1.54) is 29.2 Å². The van der Waals surface area contributed by atoms with E-state index in [2.05, 4.69) is 5.32 Å². The molecule has 4 rings (SSSR count). The second-order valence-corrected chi connectivity index (χ2v) is 14.0. The molecule has 0 aliphatic carbocycles. The Hall–Kier alpha value is -3.56. The van der Waals surface area contributed by atoms with Crippen LogP contribution in [0.5, 0.6) is 0 Å². The highest BCUT2D eigenvalue weighted by atomic mass is 35.5. The zero-order valence-corrected chi connectivity index (χ0v) is 28.0. The summed E-state index contributed by atoms with van der Waals surface area (Å²) in [5.41, 5.74) is 1.70. The van der Waals surface area contributed by atoms with Gasteiger partial charge in [0.15, 0.2) is 0 Å². The highest BCUT2D eigenvalue weighted by molar-refractivity contribution is 7.92. The zero-order valence-electron chi connectivity index (χ0n) is 24.9. The van der Waals surface area contributed by atoms with Crippen LogP contribution >= 0.6 is 34.8 Å². The number of nitrogens with zero attached hydrogens (tertiary/aromatic N) is 2. The SMILES string of the molecule is CC(C)CNC(=O)[C@H](Cc1ccccc1)N(Cc1ccc(Cl)c(Cl)c1)C(=O)CN(c1ccc(Cl)cc1)S(=O)(=O)c1ccccc1. The van der Waals surface area contributed by atoms with Gasteiger partial charge < -0.3 is 10.2 Å². The van der Waals surface area contributed by atoms with Gasteiger partial charge in [0.2, 0.25) is 11.8 Å². The molecule has 2 amide bonds. The Kier molecular flexibility index (Phi) is 11.9. The molecule has 45 heavy (non-hydrogen) atoms. The van der Waals surface area contributed by atoms with Gasteiger partial charge in [-0.1, -0.05) is 103 Å². The Morgan fingerprint density at radius 3 is 2.00 bits per heavy atom. The second-order valence-electron chi connectivity index (χ2n) is 10.9. The number of hydrogen-bond donors (Lipinski definition) is 1. The van der Waals surface area contributed by atoms with Gasteiger partial charge in [0.05, 0.1) is 20.6 Å². The minimum absolute atomic E-state index is 0.0132. The lowest BCUT2D eigenvalue weighted by atomic mass is 10.0. The molecule has 1 N–H and O–H groups in total. The smallest absolute Gasteiger partial charge is 0.264 e. The molecule has 11 heteroatoms. The molecule has 0 aliphatic heterocycles. The predicted molar refractivity (Wildman–Crippen MR) is 181 cm³/mol. The van der Waals surface area contributed by atoms with Crippen molar-refractivity contribution in [3.63, 3.8) is 0 Å². The maximum Gasteiger partial charge on any atom is 0.264 e. The fourth-order valence-electron chi connectivity index (χ4n) is 4.67. The number of amides is 2. The topological polar surface area (TPSA) is 86.8 Å². The minimum atomic E-state index is -4.20. The van der Waals surface area contributed by atoms with Crippen LogP contribution in [0.1, 0.15) is 25.0 Å². The number of carbonyl (C=O) groups is 2. The predicted octanol–water partition coefficient (Wildman–Crippen LogP) is 7.25. The van der Waals surface area contributed by atoms with E-state index in [9.17, 15) is 18.0 Å². The molecule has 1 atom stereocenters. The fourth-order valence-corrected chi connectivity index (χ4v) is 6.55. The van der Waals surface area contributed by atoms with Crippen LogP contribution in [-0.2, 0) is 32.6 Å². The van der Waals surface area contributed by atoms with Gasteiger partial charge in [0.25, 0.3) is 10.0 Å². The molecule has 0 unspecified atom stereocenters. The van der Waals surface area contributed by atoms with E-state index in [1.54, 1.807) is 48.5 Å². The van der Waals surface area contributed by atoms with Crippen LogP contribution in [-0.4, -0.2) is 44.3 Å². The molecule has 0 bridgehead atoms. The molecular formula is C34H34Cl3N3O4S. The van der Waals surface area contributed by atoms with Gasteiger partial charge in [-0.25, -0.2) is 8.42 Å². The molecule has 0 spiro atoms. The molecule has 0 radical (unpaired) electrons. The number of benzene rings is 4. The van der Waals surface area contributed by atoms with E-state index in [0.29, 0.717) is 27.2 Å². The molecule has 0 aliphatic rings. The van der Waals surface area contributed by atoms with Crippen LogP contribution in [0.25, 0.3) is 0 Å². The van der Waals surface area contributed by atoms with Crippen LogP contribution in [0.4, 0.5) is 5.69 Å². The van der Waals surface area contributed by atoms with Crippen molar-refractivity contribution < 1.29 is 18.0 Å². The van der Waals surface area contributed by atoms with Crippen LogP contribution < -0.4 is 9.62 Å². The molecule has 236 valence electrons. The quantitative estimate of drug-likeness (QED) is 0.161. The van der Waals surface area contributed by atoms with Crippen molar-refractivity contribution in [1.82, 2.24) is 10.2 Å². The van der Waals surface area contributed by atoms with Gasteiger partial charge in [-0.2, -0.15) is 0 Å². The lowest BCUT2D eigenvalue weighted by Gasteiger charge is -2.34. The Labute approximate surface area is 279 Å². The van der Waals surface area contributed by atoms with E-state index < -0.39 is 28.5 Å². The Balaban J connectivity index is 1.80. The molecule has 4 aromatic carbocycles. The van der Waals surface area contributed by atoms with Gasteiger partial charge in [0, 0.05) is 24.5 Å². The third-order valence-electron chi connectivity index (χ3n) is 7.02. The summed E-state index contributed by atoms with van der Waals surface area (Å²) in [6, 6.07) is 27.4. The number of carbonyl (C=O) groups excluding carboxylic acids is 2. The summed E-state index contributed by atoms with van der Waals surface area (Å²) >= 11 is 18.6. The molecule has 0 fully saturated rings. The second kappa shape index (κ2) is 15.6. The average Bonchev–Trinajstić information content (AvgIpc) is 3.03. The van der Waals surface area contributed by atoms with E-state index in [-0.39, 0.29) is 35.4 Å². The van der Waals surface area contributed by atoms with Crippen LogP contribution in [0.2, 0.25) is 15.1 Å². The number of anilines is 1. The first kappa shape index (κ1) is 34.3. The van der Waals surface area contributed by atoms with Crippen LogP contribution in [0.3, 0.4) is 0 Å². The highest BCUT2D eigenvalue weighted by Gasteiger charge is 2.34. The summed E-state index contributed by atoms with van der Waals surface area (Å²) in [6.45, 7) is 3.75. The Morgan fingerprint density at radius 1 is 0.778 bits per heavy atom. The molecule has 0 aromatic heterocycles. The van der Waals surface area contributed by atoms with Gasteiger partial charge >= 0.3 is 0 Å². The standard InChI is InChI=1S/C34H34Cl3N3O4S/c1-24(2)21-38-34(42)32(20-25-9-5-3-6-10-25)39(22-26-13-18-30(36)31(37)19-26)33(41)23-40(28-16-14-27(35)15-17-28)45(43,44)29-11-7-4-8-12-29/h3-19,24,32H,20-23H2,1-2H3,(H,38,42)/t32-/m0/s1. The van der Waals surface area contributed by atoms with Crippen molar-refractivity contribution in [3.8, 4) is 0 Å². The molecule has 0 saturated carbocycles. The lowest BCUT2D eigenvalue weighted by molar-refractivity contribution is -0.140. The summed E-state index contributed by atoms with van der Waals surface area (Å²) < 4.78 is 29.0. The maximum absolute atomic E-state index is 14.5. The Bertz CT molecular complexity index is 1700. The highest BCUT2D eigenvalue weighted by Crippen LogP contribution is 2.27. The fraction of sp³-hybridized carbons (Fsp3) is 0.235. The summed E-state index contributed by atoms with van der Waals surface area (Å²) in [5, 5.41) is 4.01. The lowest BCUT2D eigenvalue weighted by Crippen LogP contribution is -2.53. The summed E-state index contributed by atoms with van der Waals surface area (Å²) in [7, 11) is -4.20. The van der Waals surface area contributed by atoms with E-state index >= 15 is 0 Å². The van der Waals surface area contributed by atoms with Crippen molar-refractivity contribution in [3.05, 3.63) is 129 Å². The van der Waals surface area contributed by atoms with Crippen molar-refractivity contribution in [2.75, 3.05) is 17.4 Å². The first-order valence-corrected chi connectivity index (χ1v) is 16.9. The van der Waals surface area contributed by atoms with E-state index in [1.807, 2.05) is 44.2 Å². The molecule has 0 saturated heterocycles. The van der Waals surface area contributed by atoms with Gasteiger partial charge in [0.1, 0.15) is 12.6 Å². The largest absolute Gasteiger partial charge is 0.354 e. The molecule has 7 nitrogen and oxygen atoms in total. The monoisotopic (exact) mass is 685 g/mol. The van der Waals surface area contributed by atoms with Gasteiger partial charge in [-0.3, -0.25) is 13.9 Å². The molecule has 4 aromatic rings. The van der Waals surface area contributed by atoms with Gasteiger partial charge in [-0.05, 0) is 65.6 Å². The van der Waals surface area contributed by atoms with Gasteiger partial charge in [-0.15, -0.1) is 0 Å². The van der Waals surface area contributed by atoms with Crippen molar-refractivity contribution in [1.29, 1.82) is 0 Å². The number of hydrogen-bond acceptors (Lipinski definition) is 4. The summed E-state index contributed by atoms with van der Waals surface area (Å²) in [5.74, 6) is -0.775. The first-order valence-electron chi connectivity index (χ1n) is 14.3. The number of halogens is 3. The molecule has 0 heterocycles. The summed E-state index contributed by atoms with van der Waals surface area (Å²) in [4.78, 5) is 29.7. The number of sulfonamides is 1. The zero-order chi connectivity index (χ0) is 32.6. The van der Waals surface area contributed by atoms with Crippen molar-refractivity contribution >= 4 is 62.3 Å². The van der Waals surface area contributed by atoms with Crippen LogP contribution in [0, 0.1) is 5.92 Å². The Morgan fingerprint density at radius 2 is 1.40 bits per heavy atom. The molecular weight excluding hydrogens is 653 g/mol. The van der Waals surface area contributed by atoms with Crippen LogP contribution in [0.15, 0.2) is 108 Å². The van der Waals surface area contributed by atoms with Crippen molar-refractivity contribution in [2.24, 2.45) is 5.92 Å². The maximum atomic E-state index is 14.5. The number of nitrogens with one attached hydrogen (secondary N) is 1. The number of rotatable bonds is 13. The minimum Gasteiger partial charge on any atom is -0.354 e.